The number of hydrogen-bond donors (Lipinski definition) is 1. The van der Waals surface area contributed by atoms with Crippen molar-refractivity contribution in [1.82, 2.24) is 0 Å². The lowest BCUT2D eigenvalue weighted by Gasteiger charge is -2.22. The number of rotatable bonds is 2. The molecular formula is C11H13ClFNO2S. The molecule has 94 valence electrons. The summed E-state index contributed by atoms with van der Waals surface area (Å²) in [5.41, 5.74) is 5.91. The summed E-state index contributed by atoms with van der Waals surface area (Å²) in [4.78, 5) is 0. The van der Waals surface area contributed by atoms with E-state index in [-0.39, 0.29) is 16.5 Å². The third kappa shape index (κ3) is 2.97. The fraction of sp³-hybridized carbons (Fsp3) is 0.455. The Hall–Kier alpha value is -0.650. The van der Waals surface area contributed by atoms with Gasteiger partial charge in [-0.05, 0) is 30.5 Å². The first-order chi connectivity index (χ1) is 7.80. The van der Waals surface area contributed by atoms with Crippen molar-refractivity contribution < 1.29 is 12.8 Å². The van der Waals surface area contributed by atoms with Crippen LogP contribution in [-0.2, 0) is 16.3 Å². The van der Waals surface area contributed by atoms with Crippen LogP contribution in [0.15, 0.2) is 18.2 Å². The molecule has 0 radical (unpaired) electrons. The molecule has 1 saturated heterocycles. The summed E-state index contributed by atoms with van der Waals surface area (Å²) < 4.78 is 36.0. The van der Waals surface area contributed by atoms with Crippen molar-refractivity contribution in [3.8, 4) is 0 Å². The summed E-state index contributed by atoms with van der Waals surface area (Å²) >= 11 is 5.58. The minimum Gasteiger partial charge on any atom is -0.324 e. The van der Waals surface area contributed by atoms with Crippen LogP contribution in [0.2, 0.25) is 5.02 Å². The van der Waals surface area contributed by atoms with E-state index >= 15 is 0 Å². The van der Waals surface area contributed by atoms with Gasteiger partial charge in [0.2, 0.25) is 0 Å². The molecule has 1 fully saturated rings. The quantitative estimate of drug-likeness (QED) is 0.892. The molecule has 1 aliphatic rings. The maximum Gasteiger partial charge on any atom is 0.152 e. The van der Waals surface area contributed by atoms with Crippen LogP contribution >= 0.6 is 11.6 Å². The fourth-order valence-electron chi connectivity index (χ4n) is 2.14. The molecule has 2 N–H and O–H groups in total. The van der Waals surface area contributed by atoms with Gasteiger partial charge in [-0.2, -0.15) is 0 Å². The molecule has 2 rings (SSSR count). The third-order valence-corrected chi connectivity index (χ3v) is 5.11. The molecule has 0 amide bonds. The molecule has 0 aliphatic carbocycles. The molecule has 1 aliphatic heterocycles. The fourth-order valence-corrected chi connectivity index (χ4v) is 4.24. The van der Waals surface area contributed by atoms with E-state index in [4.69, 9.17) is 17.3 Å². The average molecular weight is 278 g/mol. The van der Waals surface area contributed by atoms with Crippen LogP contribution < -0.4 is 5.73 Å². The Morgan fingerprint density at radius 2 is 2.18 bits per heavy atom. The van der Waals surface area contributed by atoms with Gasteiger partial charge in [0.15, 0.2) is 9.84 Å². The highest BCUT2D eigenvalue weighted by molar-refractivity contribution is 7.91. The van der Waals surface area contributed by atoms with Gasteiger partial charge < -0.3 is 5.73 Å². The largest absolute Gasteiger partial charge is 0.324 e. The van der Waals surface area contributed by atoms with Gasteiger partial charge in [0, 0.05) is 5.54 Å². The maximum absolute atomic E-state index is 13.2. The highest BCUT2D eigenvalue weighted by Crippen LogP contribution is 2.26. The molecule has 1 unspecified atom stereocenters. The Morgan fingerprint density at radius 1 is 1.47 bits per heavy atom. The Morgan fingerprint density at radius 3 is 2.71 bits per heavy atom. The van der Waals surface area contributed by atoms with E-state index in [0.29, 0.717) is 18.4 Å². The van der Waals surface area contributed by atoms with Crippen LogP contribution in [0.4, 0.5) is 4.39 Å². The minimum atomic E-state index is -3.04. The molecule has 1 aromatic carbocycles. The SMILES string of the molecule is NC1(Cc2ccc(Cl)c(F)c2)CCS(=O)(=O)C1. The van der Waals surface area contributed by atoms with Gasteiger partial charge in [-0.15, -0.1) is 0 Å². The summed E-state index contributed by atoms with van der Waals surface area (Å²) in [6.07, 6.45) is 0.764. The van der Waals surface area contributed by atoms with E-state index in [0.717, 1.165) is 0 Å². The zero-order valence-corrected chi connectivity index (χ0v) is 10.7. The first-order valence-corrected chi connectivity index (χ1v) is 7.43. The lowest BCUT2D eigenvalue weighted by atomic mass is 9.91. The predicted molar refractivity (Wildman–Crippen MR) is 65.3 cm³/mol. The number of sulfone groups is 1. The molecule has 1 aromatic rings. The van der Waals surface area contributed by atoms with Crippen molar-refractivity contribution >= 4 is 21.4 Å². The third-order valence-electron chi connectivity index (χ3n) is 2.96. The van der Waals surface area contributed by atoms with E-state index in [9.17, 15) is 12.8 Å². The van der Waals surface area contributed by atoms with E-state index in [1.54, 1.807) is 6.07 Å². The van der Waals surface area contributed by atoms with Crippen molar-refractivity contribution in [2.75, 3.05) is 11.5 Å². The molecule has 17 heavy (non-hydrogen) atoms. The Kier molecular flexibility index (Phi) is 3.18. The average Bonchev–Trinajstić information content (AvgIpc) is 2.47. The summed E-state index contributed by atoms with van der Waals surface area (Å²) in [5.74, 6) is -0.433. The van der Waals surface area contributed by atoms with Gasteiger partial charge in [-0.1, -0.05) is 17.7 Å². The number of nitrogens with two attached hydrogens (primary N) is 1. The van der Waals surface area contributed by atoms with Crippen LogP contribution in [-0.4, -0.2) is 25.5 Å². The van der Waals surface area contributed by atoms with E-state index < -0.39 is 21.2 Å². The molecule has 0 aromatic heterocycles. The van der Waals surface area contributed by atoms with Crippen molar-refractivity contribution in [2.24, 2.45) is 5.73 Å². The number of halogens is 2. The Balaban J connectivity index is 2.19. The van der Waals surface area contributed by atoms with Gasteiger partial charge in [0.05, 0.1) is 16.5 Å². The monoisotopic (exact) mass is 277 g/mol. The smallest absolute Gasteiger partial charge is 0.152 e. The highest BCUT2D eigenvalue weighted by atomic mass is 35.5. The van der Waals surface area contributed by atoms with Gasteiger partial charge >= 0.3 is 0 Å². The van der Waals surface area contributed by atoms with Crippen LogP contribution in [0.25, 0.3) is 0 Å². The lowest BCUT2D eigenvalue weighted by Crippen LogP contribution is -2.43. The first kappa shape index (κ1) is 12.8. The van der Waals surface area contributed by atoms with Gasteiger partial charge in [0.1, 0.15) is 5.82 Å². The lowest BCUT2D eigenvalue weighted by molar-refractivity contribution is 0.475. The van der Waals surface area contributed by atoms with Gasteiger partial charge in [-0.3, -0.25) is 0 Å². The second kappa shape index (κ2) is 4.23. The van der Waals surface area contributed by atoms with Gasteiger partial charge in [-0.25, -0.2) is 12.8 Å². The molecule has 1 atom stereocenters. The standard InChI is InChI=1S/C11H13ClFNO2S/c12-9-2-1-8(5-10(9)13)6-11(14)3-4-17(15,16)7-11/h1-2,5H,3-4,6-7,14H2. The second-order valence-corrected chi connectivity index (χ2v) is 7.22. The first-order valence-electron chi connectivity index (χ1n) is 5.23. The van der Waals surface area contributed by atoms with E-state index in [2.05, 4.69) is 0 Å². The topological polar surface area (TPSA) is 60.2 Å². The minimum absolute atomic E-state index is 0.0375. The molecule has 6 heteroatoms. The summed E-state index contributed by atoms with van der Waals surface area (Å²) in [6.45, 7) is 0. The molecule has 0 saturated carbocycles. The van der Waals surface area contributed by atoms with E-state index in [1.807, 2.05) is 0 Å². The molecule has 1 heterocycles. The zero-order valence-electron chi connectivity index (χ0n) is 9.12. The molecular weight excluding hydrogens is 265 g/mol. The van der Waals surface area contributed by atoms with Crippen LogP contribution in [0.3, 0.4) is 0 Å². The van der Waals surface area contributed by atoms with Crippen LogP contribution in [0, 0.1) is 5.82 Å². The zero-order chi connectivity index (χ0) is 12.7. The Bertz CT molecular complexity index is 546. The summed E-state index contributed by atoms with van der Waals surface area (Å²) in [5, 5.41) is 0.0545. The normalized spacial score (nSPS) is 27.2. The summed E-state index contributed by atoms with van der Waals surface area (Å²) in [7, 11) is -3.04. The number of hydrogen-bond acceptors (Lipinski definition) is 3. The van der Waals surface area contributed by atoms with Crippen molar-refractivity contribution in [2.45, 2.75) is 18.4 Å². The summed E-state index contributed by atoms with van der Waals surface area (Å²) in [6, 6.07) is 4.44. The molecule has 3 nitrogen and oxygen atoms in total. The second-order valence-electron chi connectivity index (χ2n) is 4.63. The van der Waals surface area contributed by atoms with Crippen molar-refractivity contribution in [3.05, 3.63) is 34.6 Å². The maximum atomic E-state index is 13.2. The van der Waals surface area contributed by atoms with Crippen molar-refractivity contribution in [1.29, 1.82) is 0 Å². The highest BCUT2D eigenvalue weighted by Gasteiger charge is 2.38. The van der Waals surface area contributed by atoms with E-state index in [1.165, 1.54) is 12.1 Å². The molecule has 0 bridgehead atoms. The van der Waals surface area contributed by atoms with Crippen LogP contribution in [0.1, 0.15) is 12.0 Å². The van der Waals surface area contributed by atoms with Crippen molar-refractivity contribution in [3.63, 3.8) is 0 Å². The van der Waals surface area contributed by atoms with Gasteiger partial charge in [0.25, 0.3) is 0 Å². The molecule has 0 spiro atoms. The predicted octanol–water partition coefficient (Wildman–Crippen LogP) is 1.54. The van der Waals surface area contributed by atoms with Crippen LogP contribution in [0.5, 0.6) is 0 Å². The Labute approximate surface area is 105 Å². The number of benzene rings is 1.